The van der Waals surface area contributed by atoms with Crippen LogP contribution in [0.5, 0.6) is 5.75 Å². The van der Waals surface area contributed by atoms with Gasteiger partial charge in [0.15, 0.2) is 11.6 Å². The molecule has 2 N–H and O–H groups in total. The molecule has 29 heavy (non-hydrogen) atoms. The zero-order chi connectivity index (χ0) is 20.7. The number of nitrogens with zero attached hydrogens (tertiary/aromatic N) is 1. The summed E-state index contributed by atoms with van der Waals surface area (Å²) < 4.78 is 34.2. The molecule has 1 amide bonds. The van der Waals surface area contributed by atoms with Gasteiger partial charge in [0.2, 0.25) is 5.91 Å². The molecule has 0 bridgehead atoms. The van der Waals surface area contributed by atoms with Gasteiger partial charge in [0.25, 0.3) is 0 Å². The van der Waals surface area contributed by atoms with E-state index in [9.17, 15) is 23.5 Å². The van der Waals surface area contributed by atoms with Gasteiger partial charge in [0, 0.05) is 30.3 Å². The van der Waals surface area contributed by atoms with E-state index in [4.69, 9.17) is 4.74 Å². The minimum absolute atomic E-state index is 0.0366. The highest BCUT2D eigenvalue weighted by molar-refractivity contribution is 6.04. The van der Waals surface area contributed by atoms with Crippen LogP contribution in [0.2, 0.25) is 0 Å². The summed E-state index contributed by atoms with van der Waals surface area (Å²) in [6.07, 6.45) is 1.37. The number of fused-ring (bicyclic) bond motifs is 1. The number of carboxylic acids is 1. The van der Waals surface area contributed by atoms with E-state index in [0.717, 1.165) is 12.1 Å². The number of ether oxygens (including phenoxy) is 1. The summed E-state index contributed by atoms with van der Waals surface area (Å²) in [5.41, 5.74) is 1.51. The molecule has 0 spiro atoms. The van der Waals surface area contributed by atoms with Crippen molar-refractivity contribution in [2.24, 2.45) is 0 Å². The van der Waals surface area contributed by atoms with Crippen molar-refractivity contribution in [1.82, 2.24) is 4.57 Å². The molecule has 148 valence electrons. The van der Waals surface area contributed by atoms with Crippen molar-refractivity contribution >= 4 is 17.6 Å². The number of halogens is 2. The summed E-state index contributed by atoms with van der Waals surface area (Å²) in [6, 6.07) is 10.4. The standard InChI is InChI=1S/C21H16F2N2O4/c1-29-13-4-2-3-12(8-13)25-10-15(21(27)28)19-20(25)14(9-18(26)24-19)11-5-6-16(22)17(23)7-11/h2-8,10,14H,9H2,1H3,(H,24,26)(H,27,28). The largest absolute Gasteiger partial charge is 0.497 e. The maximum atomic E-state index is 13.9. The van der Waals surface area contributed by atoms with Gasteiger partial charge in [-0.3, -0.25) is 4.79 Å². The summed E-state index contributed by atoms with van der Waals surface area (Å²) in [6.45, 7) is 0. The van der Waals surface area contributed by atoms with Gasteiger partial charge in [0.1, 0.15) is 11.3 Å². The molecule has 8 heteroatoms. The Kier molecular flexibility index (Phi) is 4.54. The molecule has 4 rings (SSSR count). The average Bonchev–Trinajstić information content (AvgIpc) is 3.09. The third kappa shape index (κ3) is 3.22. The highest BCUT2D eigenvalue weighted by Gasteiger charge is 2.34. The highest BCUT2D eigenvalue weighted by Crippen LogP contribution is 2.42. The van der Waals surface area contributed by atoms with E-state index in [1.807, 2.05) is 0 Å². The van der Waals surface area contributed by atoms with Gasteiger partial charge in [-0.05, 0) is 29.8 Å². The molecular weight excluding hydrogens is 382 g/mol. The molecule has 2 heterocycles. The summed E-state index contributed by atoms with van der Waals surface area (Å²) in [7, 11) is 1.51. The molecule has 0 saturated heterocycles. The van der Waals surface area contributed by atoms with Crippen LogP contribution >= 0.6 is 0 Å². The van der Waals surface area contributed by atoms with Crippen molar-refractivity contribution in [3.8, 4) is 11.4 Å². The predicted molar refractivity (Wildman–Crippen MR) is 101 cm³/mol. The molecule has 1 aromatic heterocycles. The minimum Gasteiger partial charge on any atom is -0.497 e. The van der Waals surface area contributed by atoms with Crippen LogP contribution in [0, 0.1) is 11.6 Å². The number of hydrogen-bond acceptors (Lipinski definition) is 3. The molecule has 0 fully saturated rings. The quantitative estimate of drug-likeness (QED) is 0.698. The number of hydrogen-bond donors (Lipinski definition) is 2. The van der Waals surface area contributed by atoms with E-state index in [0.29, 0.717) is 22.7 Å². The van der Waals surface area contributed by atoms with E-state index in [-0.39, 0.29) is 17.7 Å². The lowest BCUT2D eigenvalue weighted by Gasteiger charge is -2.26. The van der Waals surface area contributed by atoms with Crippen LogP contribution in [0.4, 0.5) is 14.5 Å². The summed E-state index contributed by atoms with van der Waals surface area (Å²) in [5, 5.41) is 12.2. The van der Waals surface area contributed by atoms with Crippen LogP contribution < -0.4 is 10.1 Å². The van der Waals surface area contributed by atoms with Gasteiger partial charge < -0.3 is 19.7 Å². The lowest BCUT2D eigenvalue weighted by atomic mass is 9.88. The summed E-state index contributed by atoms with van der Waals surface area (Å²) in [5.74, 6) is -3.75. The van der Waals surface area contributed by atoms with Crippen LogP contribution in [0.25, 0.3) is 5.69 Å². The van der Waals surface area contributed by atoms with Crippen LogP contribution in [-0.2, 0) is 4.79 Å². The number of aromatic carboxylic acids is 1. The first-order chi connectivity index (χ1) is 13.9. The number of carboxylic acid groups (broad SMARTS) is 1. The van der Waals surface area contributed by atoms with Crippen molar-refractivity contribution in [3.63, 3.8) is 0 Å². The Labute approximate surface area is 164 Å². The monoisotopic (exact) mass is 398 g/mol. The number of methoxy groups -OCH3 is 1. The summed E-state index contributed by atoms with van der Waals surface area (Å²) >= 11 is 0. The number of rotatable bonds is 4. The van der Waals surface area contributed by atoms with Crippen molar-refractivity contribution in [3.05, 3.63) is 77.1 Å². The number of carbonyl (C=O) groups is 2. The second-order valence-electron chi connectivity index (χ2n) is 6.66. The van der Waals surface area contributed by atoms with E-state index in [2.05, 4.69) is 5.32 Å². The van der Waals surface area contributed by atoms with Crippen LogP contribution in [0.1, 0.15) is 34.0 Å². The van der Waals surface area contributed by atoms with Gasteiger partial charge in [-0.2, -0.15) is 0 Å². The Morgan fingerprint density at radius 1 is 1.21 bits per heavy atom. The smallest absolute Gasteiger partial charge is 0.339 e. The van der Waals surface area contributed by atoms with Crippen LogP contribution in [0.15, 0.2) is 48.7 Å². The SMILES string of the molecule is COc1cccc(-n2cc(C(=O)O)c3c2C(c2ccc(F)c(F)c2)CC(=O)N3)c1. The van der Waals surface area contributed by atoms with E-state index >= 15 is 0 Å². The molecule has 2 aromatic carbocycles. The number of aromatic nitrogens is 1. The number of anilines is 1. The number of benzene rings is 2. The maximum absolute atomic E-state index is 13.9. The van der Waals surface area contributed by atoms with E-state index in [1.165, 1.54) is 19.4 Å². The zero-order valence-corrected chi connectivity index (χ0v) is 15.3. The molecule has 1 unspecified atom stereocenters. The molecule has 0 radical (unpaired) electrons. The Morgan fingerprint density at radius 3 is 2.69 bits per heavy atom. The van der Waals surface area contributed by atoms with Crippen molar-refractivity contribution in [2.75, 3.05) is 12.4 Å². The zero-order valence-electron chi connectivity index (χ0n) is 15.3. The lowest BCUT2D eigenvalue weighted by molar-refractivity contribution is -0.116. The third-order valence-corrected chi connectivity index (χ3v) is 4.94. The fraction of sp³-hybridized carbons (Fsp3) is 0.143. The first kappa shape index (κ1) is 18.7. The Hall–Kier alpha value is -3.68. The molecule has 3 aromatic rings. The van der Waals surface area contributed by atoms with E-state index in [1.54, 1.807) is 28.8 Å². The Balaban J connectivity index is 1.97. The van der Waals surface area contributed by atoms with Gasteiger partial charge in [-0.25, -0.2) is 13.6 Å². The lowest BCUT2D eigenvalue weighted by Crippen LogP contribution is -2.25. The van der Waals surface area contributed by atoms with Crippen molar-refractivity contribution < 1.29 is 28.2 Å². The topological polar surface area (TPSA) is 80.6 Å². The van der Waals surface area contributed by atoms with Gasteiger partial charge in [0.05, 0.1) is 18.5 Å². The Morgan fingerprint density at radius 2 is 2.00 bits per heavy atom. The Bertz CT molecular complexity index is 1140. The second-order valence-corrected chi connectivity index (χ2v) is 6.66. The van der Waals surface area contributed by atoms with Crippen LogP contribution in [0.3, 0.4) is 0 Å². The minimum atomic E-state index is -1.21. The van der Waals surface area contributed by atoms with Gasteiger partial charge in [-0.1, -0.05) is 12.1 Å². The molecule has 1 aliphatic rings. The van der Waals surface area contributed by atoms with Crippen LogP contribution in [-0.4, -0.2) is 28.7 Å². The molecule has 1 aliphatic heterocycles. The highest BCUT2D eigenvalue weighted by atomic mass is 19.2. The number of amides is 1. The first-order valence-corrected chi connectivity index (χ1v) is 8.76. The van der Waals surface area contributed by atoms with Gasteiger partial charge >= 0.3 is 5.97 Å². The molecule has 0 saturated carbocycles. The predicted octanol–water partition coefficient (Wildman–Crippen LogP) is 3.94. The molecular formula is C21H16F2N2O4. The third-order valence-electron chi connectivity index (χ3n) is 4.94. The normalized spacial score (nSPS) is 15.6. The number of carbonyl (C=O) groups excluding carboxylic acids is 1. The van der Waals surface area contributed by atoms with Crippen molar-refractivity contribution in [2.45, 2.75) is 12.3 Å². The first-order valence-electron chi connectivity index (χ1n) is 8.76. The summed E-state index contributed by atoms with van der Waals surface area (Å²) in [4.78, 5) is 24.1. The molecule has 0 aliphatic carbocycles. The fourth-order valence-electron chi connectivity index (χ4n) is 3.61. The molecule has 6 nitrogen and oxygen atoms in total. The van der Waals surface area contributed by atoms with Gasteiger partial charge in [-0.15, -0.1) is 0 Å². The average molecular weight is 398 g/mol. The molecule has 1 atom stereocenters. The second kappa shape index (κ2) is 7.05. The maximum Gasteiger partial charge on any atom is 0.339 e. The van der Waals surface area contributed by atoms with E-state index < -0.39 is 29.4 Å². The van der Waals surface area contributed by atoms with Crippen molar-refractivity contribution in [1.29, 1.82) is 0 Å². The fourth-order valence-corrected chi connectivity index (χ4v) is 3.61. The number of nitrogens with one attached hydrogen (secondary N) is 1.